The quantitative estimate of drug-likeness (QED) is 0.392. The lowest BCUT2D eigenvalue weighted by Gasteiger charge is -1.99. The minimum atomic E-state index is -0.981. The van der Waals surface area contributed by atoms with Crippen LogP contribution in [0.15, 0.2) is 53.9 Å². The first-order chi connectivity index (χ1) is 12.9. The highest BCUT2D eigenvalue weighted by Gasteiger charge is 2.09. The Kier molecular flexibility index (Phi) is 5.32. The van der Waals surface area contributed by atoms with Crippen LogP contribution in [0.1, 0.15) is 5.56 Å². The second-order valence-electron chi connectivity index (χ2n) is 5.34. The second kappa shape index (κ2) is 7.83. The first kappa shape index (κ1) is 18.3. The number of non-ortho nitro benzene ring substituents is 1. The van der Waals surface area contributed by atoms with Crippen molar-refractivity contribution in [2.75, 3.05) is 5.32 Å². The number of thiazole rings is 1. The van der Waals surface area contributed by atoms with Gasteiger partial charge in [0.05, 0.1) is 10.6 Å². The van der Waals surface area contributed by atoms with Gasteiger partial charge in [-0.05, 0) is 29.8 Å². The monoisotopic (exact) mass is 387 g/mol. The summed E-state index contributed by atoms with van der Waals surface area (Å²) in [5, 5.41) is 15.2. The fourth-order valence-corrected chi connectivity index (χ4v) is 2.90. The molecule has 0 spiro atoms. The number of rotatable bonds is 5. The van der Waals surface area contributed by atoms with Crippen LogP contribution in [-0.4, -0.2) is 15.8 Å². The van der Waals surface area contributed by atoms with E-state index in [1.165, 1.54) is 36.4 Å². The zero-order valence-corrected chi connectivity index (χ0v) is 14.4. The van der Waals surface area contributed by atoms with Crippen molar-refractivity contribution >= 4 is 34.1 Å². The van der Waals surface area contributed by atoms with Crippen molar-refractivity contribution in [3.05, 3.63) is 81.2 Å². The Morgan fingerprint density at radius 3 is 2.74 bits per heavy atom. The predicted octanol–water partition coefficient (Wildman–Crippen LogP) is 4.65. The third kappa shape index (κ3) is 4.59. The number of hydrogen-bond donors (Lipinski definition) is 1. The summed E-state index contributed by atoms with van der Waals surface area (Å²) < 4.78 is 26.3. The maximum absolute atomic E-state index is 13.3. The van der Waals surface area contributed by atoms with E-state index in [0.29, 0.717) is 16.8 Å². The first-order valence-electron chi connectivity index (χ1n) is 7.57. The molecule has 0 atom stereocenters. The van der Waals surface area contributed by atoms with Gasteiger partial charge < -0.3 is 0 Å². The molecular weight excluding hydrogens is 376 g/mol. The van der Waals surface area contributed by atoms with E-state index < -0.39 is 22.5 Å². The molecule has 0 radical (unpaired) electrons. The number of nitrogens with zero attached hydrogens (tertiary/aromatic N) is 2. The number of carbonyl (C=O) groups is 1. The molecule has 3 rings (SSSR count). The largest absolute Gasteiger partial charge is 0.298 e. The maximum Gasteiger partial charge on any atom is 0.270 e. The topological polar surface area (TPSA) is 85.1 Å². The van der Waals surface area contributed by atoms with E-state index in [0.717, 1.165) is 23.5 Å². The number of nitrogens with one attached hydrogen (secondary N) is 1. The van der Waals surface area contributed by atoms with Gasteiger partial charge in [0, 0.05) is 29.2 Å². The summed E-state index contributed by atoms with van der Waals surface area (Å²) in [7, 11) is 0. The summed E-state index contributed by atoms with van der Waals surface area (Å²) in [4.78, 5) is 26.4. The summed E-state index contributed by atoms with van der Waals surface area (Å²) in [6.07, 6.45) is 2.66. The molecular formula is C18H11F2N3O3S. The molecule has 9 heteroatoms. The average molecular weight is 387 g/mol. The highest BCUT2D eigenvalue weighted by Crippen LogP contribution is 2.26. The third-order valence-electron chi connectivity index (χ3n) is 3.46. The van der Waals surface area contributed by atoms with Crippen LogP contribution in [0.3, 0.4) is 0 Å². The Hall–Kier alpha value is -3.46. The zero-order valence-electron chi connectivity index (χ0n) is 13.6. The number of halogens is 2. The second-order valence-corrected chi connectivity index (χ2v) is 6.20. The van der Waals surface area contributed by atoms with Crippen molar-refractivity contribution in [2.24, 2.45) is 0 Å². The molecule has 0 saturated carbocycles. The van der Waals surface area contributed by atoms with Gasteiger partial charge in [0.2, 0.25) is 5.91 Å². The molecule has 0 bridgehead atoms. The Balaban J connectivity index is 1.68. The van der Waals surface area contributed by atoms with Crippen molar-refractivity contribution in [2.45, 2.75) is 0 Å². The lowest BCUT2D eigenvalue weighted by molar-refractivity contribution is -0.384. The van der Waals surface area contributed by atoms with Crippen LogP contribution < -0.4 is 5.32 Å². The van der Waals surface area contributed by atoms with Gasteiger partial charge in [-0.15, -0.1) is 11.3 Å². The molecule has 2 aromatic carbocycles. The number of hydrogen-bond acceptors (Lipinski definition) is 5. The van der Waals surface area contributed by atoms with Crippen LogP contribution in [-0.2, 0) is 4.79 Å². The normalized spacial score (nSPS) is 10.9. The van der Waals surface area contributed by atoms with E-state index >= 15 is 0 Å². The lowest BCUT2D eigenvalue weighted by atomic mass is 10.2. The summed E-state index contributed by atoms with van der Waals surface area (Å²) in [6, 6.07) is 9.26. The SMILES string of the molecule is O=C(/C=C/c1cccc([N+](=O)[O-])c1)Nc1nc(-c2ccc(F)c(F)c2)cs1. The third-order valence-corrected chi connectivity index (χ3v) is 4.22. The Bertz CT molecular complexity index is 1050. The highest BCUT2D eigenvalue weighted by atomic mass is 32.1. The predicted molar refractivity (Wildman–Crippen MR) is 98.2 cm³/mol. The van der Waals surface area contributed by atoms with Crippen molar-refractivity contribution in [1.82, 2.24) is 4.98 Å². The molecule has 3 aromatic rings. The van der Waals surface area contributed by atoms with Crippen molar-refractivity contribution in [3.8, 4) is 11.3 Å². The smallest absolute Gasteiger partial charge is 0.270 e. The van der Waals surface area contributed by atoms with Crippen LogP contribution in [0.25, 0.3) is 17.3 Å². The molecule has 1 heterocycles. The van der Waals surface area contributed by atoms with Gasteiger partial charge in [0.1, 0.15) is 0 Å². The Morgan fingerprint density at radius 2 is 2.00 bits per heavy atom. The molecule has 0 unspecified atom stereocenters. The molecule has 1 N–H and O–H groups in total. The summed E-state index contributed by atoms with van der Waals surface area (Å²) in [5.74, 6) is -2.41. The van der Waals surface area contributed by atoms with Crippen molar-refractivity contribution in [3.63, 3.8) is 0 Å². The van der Waals surface area contributed by atoms with E-state index in [4.69, 9.17) is 0 Å². The molecule has 0 saturated heterocycles. The molecule has 6 nitrogen and oxygen atoms in total. The number of nitro benzene ring substituents is 1. The standard InChI is InChI=1S/C18H11F2N3O3S/c19-14-6-5-12(9-15(14)20)16-10-27-18(21-16)22-17(24)7-4-11-2-1-3-13(8-11)23(25)26/h1-10H,(H,21,22,24)/b7-4+. The van der Waals surface area contributed by atoms with Crippen LogP contribution in [0.4, 0.5) is 19.6 Å². The van der Waals surface area contributed by atoms with Crippen LogP contribution in [0.2, 0.25) is 0 Å². The van der Waals surface area contributed by atoms with Crippen LogP contribution in [0, 0.1) is 21.7 Å². The van der Waals surface area contributed by atoms with E-state index in [1.807, 2.05) is 0 Å². The fourth-order valence-electron chi connectivity index (χ4n) is 2.18. The number of anilines is 1. The minimum Gasteiger partial charge on any atom is -0.298 e. The van der Waals surface area contributed by atoms with Crippen molar-refractivity contribution in [1.29, 1.82) is 0 Å². The van der Waals surface area contributed by atoms with Gasteiger partial charge in [0.15, 0.2) is 16.8 Å². The van der Waals surface area contributed by atoms with E-state index in [-0.39, 0.29) is 10.8 Å². The minimum absolute atomic E-state index is 0.0753. The van der Waals surface area contributed by atoms with E-state index in [9.17, 15) is 23.7 Å². The van der Waals surface area contributed by atoms with Gasteiger partial charge in [-0.1, -0.05) is 12.1 Å². The number of carbonyl (C=O) groups excluding carboxylic acids is 1. The Labute approximate surface area is 156 Å². The van der Waals surface area contributed by atoms with E-state index in [1.54, 1.807) is 11.4 Å². The zero-order chi connectivity index (χ0) is 19.4. The fraction of sp³-hybridized carbons (Fsp3) is 0. The van der Waals surface area contributed by atoms with Crippen LogP contribution >= 0.6 is 11.3 Å². The molecule has 0 aliphatic carbocycles. The van der Waals surface area contributed by atoms with Gasteiger partial charge in [-0.25, -0.2) is 13.8 Å². The summed E-state index contributed by atoms with van der Waals surface area (Å²) in [6.45, 7) is 0. The molecule has 1 aromatic heterocycles. The number of benzene rings is 2. The molecule has 1 amide bonds. The number of aromatic nitrogens is 1. The molecule has 27 heavy (non-hydrogen) atoms. The Morgan fingerprint density at radius 1 is 1.19 bits per heavy atom. The molecule has 0 fully saturated rings. The first-order valence-corrected chi connectivity index (χ1v) is 8.45. The average Bonchev–Trinajstić information content (AvgIpc) is 3.11. The summed E-state index contributed by atoms with van der Waals surface area (Å²) >= 11 is 1.13. The van der Waals surface area contributed by atoms with Crippen molar-refractivity contribution < 1.29 is 18.5 Å². The summed E-state index contributed by atoms with van der Waals surface area (Å²) in [5.41, 5.74) is 1.21. The maximum atomic E-state index is 13.3. The van der Waals surface area contributed by atoms with Crippen LogP contribution in [0.5, 0.6) is 0 Å². The number of amides is 1. The molecule has 136 valence electrons. The van der Waals surface area contributed by atoms with Gasteiger partial charge >= 0.3 is 0 Å². The van der Waals surface area contributed by atoms with Gasteiger partial charge in [-0.2, -0.15) is 0 Å². The number of nitro groups is 1. The lowest BCUT2D eigenvalue weighted by Crippen LogP contribution is -2.07. The van der Waals surface area contributed by atoms with E-state index in [2.05, 4.69) is 10.3 Å². The molecule has 0 aliphatic heterocycles. The van der Waals surface area contributed by atoms with Gasteiger partial charge in [0.25, 0.3) is 5.69 Å². The van der Waals surface area contributed by atoms with Gasteiger partial charge in [-0.3, -0.25) is 20.2 Å². The highest BCUT2D eigenvalue weighted by molar-refractivity contribution is 7.14. The molecule has 0 aliphatic rings.